The molecule has 0 spiro atoms. The Bertz CT molecular complexity index is 1330. The van der Waals surface area contributed by atoms with Gasteiger partial charge in [0.1, 0.15) is 17.3 Å². The summed E-state index contributed by atoms with van der Waals surface area (Å²) >= 11 is 0. The van der Waals surface area contributed by atoms with Crippen molar-refractivity contribution in [3.8, 4) is 11.5 Å². The van der Waals surface area contributed by atoms with Crippen molar-refractivity contribution < 1.29 is 37.3 Å². The van der Waals surface area contributed by atoms with Gasteiger partial charge in [-0.05, 0) is 66.9 Å². The fourth-order valence-corrected chi connectivity index (χ4v) is 4.18. The first kappa shape index (κ1) is 25.8. The molecule has 1 fully saturated rings. The molecule has 1 amide bonds. The molecule has 9 heteroatoms. The highest BCUT2D eigenvalue weighted by molar-refractivity contribution is 6.51. The molecule has 3 aromatic rings. The zero-order valence-electron chi connectivity index (χ0n) is 20.1. The van der Waals surface area contributed by atoms with Crippen LogP contribution in [0.4, 0.5) is 18.9 Å². The fourth-order valence-electron chi connectivity index (χ4n) is 4.18. The number of amides is 1. The number of hydrogen-bond acceptors (Lipinski definition) is 5. The molecular weight excluding hydrogens is 487 g/mol. The third kappa shape index (κ3) is 5.45. The van der Waals surface area contributed by atoms with E-state index in [4.69, 9.17) is 4.74 Å². The minimum Gasteiger partial charge on any atom is -0.507 e. The summed E-state index contributed by atoms with van der Waals surface area (Å²) in [5, 5.41) is 11.3. The number of ether oxygens (including phenoxy) is 2. The lowest BCUT2D eigenvalue weighted by Gasteiger charge is -2.25. The summed E-state index contributed by atoms with van der Waals surface area (Å²) in [4.78, 5) is 27.6. The summed E-state index contributed by atoms with van der Waals surface area (Å²) < 4.78 is 47.3. The van der Waals surface area contributed by atoms with Crippen LogP contribution in [0.25, 0.3) is 5.76 Å². The number of aryl methyl sites for hydroxylation is 1. The van der Waals surface area contributed by atoms with E-state index in [1.807, 2.05) is 6.92 Å². The van der Waals surface area contributed by atoms with Gasteiger partial charge in [-0.15, -0.1) is 13.2 Å². The number of hydrogen-bond donors (Lipinski definition) is 1. The molecule has 0 saturated carbocycles. The van der Waals surface area contributed by atoms with Crippen LogP contribution in [-0.4, -0.2) is 29.8 Å². The second-order valence-corrected chi connectivity index (χ2v) is 8.45. The second-order valence-electron chi connectivity index (χ2n) is 8.45. The number of carbonyl (C=O) groups is 2. The first-order valence-electron chi connectivity index (χ1n) is 11.6. The van der Waals surface area contributed by atoms with Crippen molar-refractivity contribution >= 4 is 23.1 Å². The molecule has 1 atom stereocenters. The highest BCUT2D eigenvalue weighted by atomic mass is 19.4. The van der Waals surface area contributed by atoms with Crippen LogP contribution in [0.2, 0.25) is 0 Å². The lowest BCUT2D eigenvalue weighted by molar-refractivity contribution is -0.274. The van der Waals surface area contributed by atoms with Crippen molar-refractivity contribution in [1.82, 2.24) is 0 Å². The fraction of sp³-hybridized carbons (Fsp3) is 0.214. The summed E-state index contributed by atoms with van der Waals surface area (Å²) in [6.45, 7) is 4.31. The number of anilines is 1. The molecule has 1 unspecified atom stereocenters. The molecule has 1 saturated heterocycles. The number of aliphatic hydroxyl groups excluding tert-OH is 1. The molecule has 0 aliphatic carbocycles. The highest BCUT2D eigenvalue weighted by Crippen LogP contribution is 2.43. The Balaban J connectivity index is 1.80. The molecule has 1 N–H and O–H groups in total. The Kier molecular flexibility index (Phi) is 7.24. The van der Waals surface area contributed by atoms with Gasteiger partial charge >= 0.3 is 6.36 Å². The van der Waals surface area contributed by atoms with Crippen molar-refractivity contribution in [2.75, 3.05) is 11.5 Å². The Morgan fingerprint density at radius 2 is 1.68 bits per heavy atom. The molecule has 1 aliphatic rings. The lowest BCUT2D eigenvalue weighted by atomic mass is 9.94. The first-order valence-corrected chi connectivity index (χ1v) is 11.6. The third-order valence-corrected chi connectivity index (χ3v) is 5.82. The van der Waals surface area contributed by atoms with E-state index < -0.39 is 29.8 Å². The van der Waals surface area contributed by atoms with E-state index in [0.717, 1.165) is 29.0 Å². The molecule has 0 bridgehead atoms. The minimum atomic E-state index is -4.87. The number of alkyl halides is 3. The zero-order chi connectivity index (χ0) is 26.7. The van der Waals surface area contributed by atoms with Crippen LogP contribution >= 0.6 is 0 Å². The Morgan fingerprint density at radius 1 is 1.00 bits per heavy atom. The quantitative estimate of drug-likeness (QED) is 0.229. The van der Waals surface area contributed by atoms with Gasteiger partial charge in [-0.25, -0.2) is 0 Å². The maximum atomic E-state index is 13.2. The van der Waals surface area contributed by atoms with Gasteiger partial charge in [-0.1, -0.05) is 37.3 Å². The first-order chi connectivity index (χ1) is 17.6. The van der Waals surface area contributed by atoms with E-state index in [0.29, 0.717) is 23.5 Å². The van der Waals surface area contributed by atoms with Crippen LogP contribution in [0.5, 0.6) is 11.5 Å². The molecule has 1 heterocycles. The van der Waals surface area contributed by atoms with E-state index in [9.17, 15) is 27.9 Å². The van der Waals surface area contributed by atoms with Gasteiger partial charge in [0.25, 0.3) is 11.7 Å². The van der Waals surface area contributed by atoms with Gasteiger partial charge < -0.3 is 14.6 Å². The molecule has 192 valence electrons. The van der Waals surface area contributed by atoms with Crippen molar-refractivity contribution in [3.05, 3.63) is 95.1 Å². The molecule has 1 aliphatic heterocycles. The number of Topliss-reactive ketones (excluding diaryl/α,β-unsaturated/α-hetero) is 1. The van der Waals surface area contributed by atoms with Crippen LogP contribution in [-0.2, 0) is 9.59 Å². The van der Waals surface area contributed by atoms with E-state index in [2.05, 4.69) is 4.74 Å². The van der Waals surface area contributed by atoms with E-state index in [-0.39, 0.29) is 17.0 Å². The normalized spacial score (nSPS) is 17.2. The van der Waals surface area contributed by atoms with Crippen molar-refractivity contribution in [1.29, 1.82) is 0 Å². The van der Waals surface area contributed by atoms with Gasteiger partial charge in [-0.3, -0.25) is 14.5 Å². The molecule has 37 heavy (non-hydrogen) atoms. The number of rotatable bonds is 7. The number of ketones is 1. The Hall–Kier alpha value is -4.27. The smallest absolute Gasteiger partial charge is 0.507 e. The molecule has 0 radical (unpaired) electrons. The van der Waals surface area contributed by atoms with Gasteiger partial charge in [-0.2, -0.15) is 0 Å². The van der Waals surface area contributed by atoms with Crippen LogP contribution in [0.3, 0.4) is 0 Å². The predicted molar refractivity (Wildman–Crippen MR) is 131 cm³/mol. The Labute approximate surface area is 211 Å². The average Bonchev–Trinajstić information content (AvgIpc) is 3.13. The summed E-state index contributed by atoms with van der Waals surface area (Å²) in [7, 11) is 0. The second kappa shape index (κ2) is 10.4. The number of nitrogens with zero attached hydrogens (tertiary/aromatic N) is 1. The largest absolute Gasteiger partial charge is 0.573 e. The summed E-state index contributed by atoms with van der Waals surface area (Å²) in [5.41, 5.74) is 1.65. The molecule has 0 aromatic heterocycles. The number of carbonyl (C=O) groups excluding carboxylic acids is 2. The van der Waals surface area contributed by atoms with Crippen LogP contribution in [0, 0.1) is 6.92 Å². The maximum absolute atomic E-state index is 13.2. The lowest BCUT2D eigenvalue weighted by Crippen LogP contribution is -2.29. The van der Waals surface area contributed by atoms with E-state index in [1.54, 1.807) is 55.5 Å². The monoisotopic (exact) mass is 511 g/mol. The third-order valence-electron chi connectivity index (χ3n) is 5.82. The predicted octanol–water partition coefficient (Wildman–Crippen LogP) is 6.31. The van der Waals surface area contributed by atoms with Gasteiger partial charge in [0.05, 0.1) is 18.2 Å². The summed E-state index contributed by atoms with van der Waals surface area (Å²) in [5.74, 6) is -2.02. The summed E-state index contributed by atoms with van der Waals surface area (Å²) in [6.07, 6.45) is -4.05. The SMILES string of the molecule is CCCOc1ccc(/C(O)=C2/C(=O)C(=O)N(c3ccc(OC(F)(F)F)cc3)C2c2ccccc2)cc1C. The van der Waals surface area contributed by atoms with Gasteiger partial charge in [0.15, 0.2) is 0 Å². The van der Waals surface area contributed by atoms with Crippen LogP contribution in [0.1, 0.15) is 36.1 Å². The standard InChI is InChI=1S/C28H24F3NO5/c1-3-15-36-22-14-9-19(16-17(22)2)25(33)23-24(18-7-5-4-6-8-18)32(27(35)26(23)34)20-10-12-21(13-11-20)37-28(29,30)31/h4-14,16,24,33H,3,15H2,1-2H3/b25-23-. The van der Waals surface area contributed by atoms with Gasteiger partial charge in [0.2, 0.25) is 0 Å². The molecule has 3 aromatic carbocycles. The van der Waals surface area contributed by atoms with Crippen LogP contribution in [0.15, 0.2) is 78.4 Å². The van der Waals surface area contributed by atoms with Crippen molar-refractivity contribution in [2.45, 2.75) is 32.7 Å². The average molecular weight is 511 g/mol. The minimum absolute atomic E-state index is 0.131. The summed E-state index contributed by atoms with van der Waals surface area (Å²) in [6, 6.07) is 17.2. The van der Waals surface area contributed by atoms with E-state index in [1.165, 1.54) is 12.1 Å². The molecule has 6 nitrogen and oxygen atoms in total. The Morgan fingerprint density at radius 3 is 2.27 bits per heavy atom. The maximum Gasteiger partial charge on any atom is 0.573 e. The van der Waals surface area contributed by atoms with Crippen molar-refractivity contribution in [3.63, 3.8) is 0 Å². The zero-order valence-corrected chi connectivity index (χ0v) is 20.1. The van der Waals surface area contributed by atoms with Gasteiger partial charge in [0, 0.05) is 11.3 Å². The highest BCUT2D eigenvalue weighted by Gasteiger charge is 2.47. The van der Waals surface area contributed by atoms with Crippen molar-refractivity contribution in [2.24, 2.45) is 0 Å². The van der Waals surface area contributed by atoms with E-state index >= 15 is 0 Å². The topological polar surface area (TPSA) is 76.1 Å². The molecular formula is C28H24F3NO5. The van der Waals surface area contributed by atoms with Crippen LogP contribution < -0.4 is 14.4 Å². The number of benzene rings is 3. The molecule has 4 rings (SSSR count). The number of halogens is 3. The number of aliphatic hydroxyl groups is 1.